The highest BCUT2D eigenvalue weighted by Crippen LogP contribution is 2.22. The van der Waals surface area contributed by atoms with Crippen molar-refractivity contribution in [2.24, 2.45) is 5.73 Å². The smallest absolute Gasteiger partial charge is 0.165 e. The summed E-state index contributed by atoms with van der Waals surface area (Å²) in [5.74, 6) is -0.737. The van der Waals surface area contributed by atoms with Crippen molar-refractivity contribution in [3.05, 3.63) is 59.4 Å². The fourth-order valence-electron chi connectivity index (χ4n) is 1.89. The molecule has 0 fully saturated rings. The van der Waals surface area contributed by atoms with Crippen LogP contribution >= 0.6 is 0 Å². The molecule has 0 radical (unpaired) electrons. The average molecular weight is 264 g/mol. The summed E-state index contributed by atoms with van der Waals surface area (Å²) in [5.41, 5.74) is 6.98. The molecule has 0 aliphatic heterocycles. The molecule has 0 aliphatic carbocycles. The topological polar surface area (TPSA) is 48.1 Å². The zero-order valence-electron chi connectivity index (χ0n) is 10.4. The number of nitrogens with two attached hydrogens (primary N) is 1. The van der Waals surface area contributed by atoms with Crippen LogP contribution in [0, 0.1) is 11.6 Å². The molecule has 3 nitrogen and oxygen atoms in total. The molecule has 0 amide bonds. The third kappa shape index (κ3) is 3.06. The molecule has 5 heteroatoms. The van der Waals surface area contributed by atoms with Gasteiger partial charge in [0, 0.05) is 17.8 Å². The Morgan fingerprint density at radius 1 is 1.26 bits per heavy atom. The number of halogens is 2. The Hall–Kier alpha value is -2.01. The lowest BCUT2D eigenvalue weighted by Gasteiger charge is -2.13. The van der Waals surface area contributed by atoms with Crippen LogP contribution in [0.2, 0.25) is 0 Å². The van der Waals surface area contributed by atoms with Gasteiger partial charge in [-0.1, -0.05) is 6.07 Å². The van der Waals surface area contributed by atoms with Crippen molar-refractivity contribution in [1.29, 1.82) is 0 Å². The summed E-state index contributed by atoms with van der Waals surface area (Å²) >= 11 is 0. The maximum atomic E-state index is 13.5. The molecule has 0 bridgehead atoms. The second-order valence-electron chi connectivity index (χ2n) is 4.18. The Morgan fingerprint density at radius 3 is 2.68 bits per heavy atom. The molecule has 0 spiro atoms. The first kappa shape index (κ1) is 13.4. The molecule has 1 aromatic heterocycles. The Labute approximate surface area is 110 Å². The molecule has 0 saturated heterocycles. The van der Waals surface area contributed by atoms with E-state index in [0.29, 0.717) is 17.5 Å². The number of ether oxygens (including phenoxy) is 1. The quantitative estimate of drug-likeness (QED) is 0.923. The van der Waals surface area contributed by atoms with E-state index < -0.39 is 17.7 Å². The summed E-state index contributed by atoms with van der Waals surface area (Å²) in [6.45, 7) is 0. The SMILES string of the molecule is COc1ccc(CC(N)c2ccncc2F)cc1F. The van der Waals surface area contributed by atoms with Crippen LogP contribution in [0.4, 0.5) is 8.78 Å². The number of methoxy groups -OCH3 is 1. The van der Waals surface area contributed by atoms with E-state index >= 15 is 0 Å². The van der Waals surface area contributed by atoms with E-state index in [2.05, 4.69) is 4.98 Å². The summed E-state index contributed by atoms with van der Waals surface area (Å²) in [4.78, 5) is 3.66. The second kappa shape index (κ2) is 5.75. The number of nitrogens with zero attached hydrogens (tertiary/aromatic N) is 1. The predicted octanol–water partition coefficient (Wildman–Crippen LogP) is 2.61. The molecule has 1 aromatic carbocycles. The van der Waals surface area contributed by atoms with Crippen LogP contribution in [0.1, 0.15) is 17.2 Å². The second-order valence-corrected chi connectivity index (χ2v) is 4.18. The van der Waals surface area contributed by atoms with Gasteiger partial charge in [-0.15, -0.1) is 0 Å². The van der Waals surface area contributed by atoms with E-state index in [1.165, 1.54) is 31.5 Å². The fourth-order valence-corrected chi connectivity index (χ4v) is 1.89. The minimum Gasteiger partial charge on any atom is -0.494 e. The predicted molar refractivity (Wildman–Crippen MR) is 67.8 cm³/mol. The third-order valence-corrected chi connectivity index (χ3v) is 2.88. The normalized spacial score (nSPS) is 12.2. The van der Waals surface area contributed by atoms with E-state index in [1.807, 2.05) is 0 Å². The first-order valence-electron chi connectivity index (χ1n) is 5.79. The molecule has 0 saturated carbocycles. The van der Waals surface area contributed by atoms with Gasteiger partial charge in [-0.25, -0.2) is 8.78 Å². The van der Waals surface area contributed by atoms with Crippen LogP contribution in [0.3, 0.4) is 0 Å². The summed E-state index contributed by atoms with van der Waals surface area (Å²) in [7, 11) is 1.40. The first-order chi connectivity index (χ1) is 9.11. The van der Waals surface area contributed by atoms with Gasteiger partial charge < -0.3 is 10.5 Å². The van der Waals surface area contributed by atoms with E-state index in [4.69, 9.17) is 10.5 Å². The molecule has 2 rings (SSSR count). The van der Waals surface area contributed by atoms with E-state index in [-0.39, 0.29) is 5.75 Å². The Kier molecular flexibility index (Phi) is 4.06. The fraction of sp³-hybridized carbons (Fsp3) is 0.214. The van der Waals surface area contributed by atoms with Crippen molar-refractivity contribution in [3.63, 3.8) is 0 Å². The molecule has 1 atom stereocenters. The van der Waals surface area contributed by atoms with Gasteiger partial charge in [0.05, 0.1) is 13.3 Å². The Morgan fingerprint density at radius 2 is 2.05 bits per heavy atom. The molecular weight excluding hydrogens is 250 g/mol. The van der Waals surface area contributed by atoms with Gasteiger partial charge in [-0.05, 0) is 30.2 Å². The summed E-state index contributed by atoms with van der Waals surface area (Å²) in [5, 5.41) is 0. The zero-order chi connectivity index (χ0) is 13.8. The van der Waals surface area contributed by atoms with E-state index in [0.717, 1.165) is 6.20 Å². The molecule has 100 valence electrons. The van der Waals surface area contributed by atoms with Crippen LogP contribution in [-0.4, -0.2) is 12.1 Å². The number of aromatic nitrogens is 1. The number of rotatable bonds is 4. The maximum Gasteiger partial charge on any atom is 0.165 e. The van der Waals surface area contributed by atoms with Crippen molar-refractivity contribution < 1.29 is 13.5 Å². The largest absolute Gasteiger partial charge is 0.494 e. The maximum absolute atomic E-state index is 13.5. The monoisotopic (exact) mass is 264 g/mol. The van der Waals surface area contributed by atoms with Gasteiger partial charge in [0.15, 0.2) is 11.6 Å². The van der Waals surface area contributed by atoms with Gasteiger partial charge in [0.2, 0.25) is 0 Å². The van der Waals surface area contributed by atoms with Crippen LogP contribution in [0.5, 0.6) is 5.75 Å². The molecule has 0 aliphatic rings. The van der Waals surface area contributed by atoms with E-state index in [1.54, 1.807) is 6.07 Å². The zero-order valence-corrected chi connectivity index (χ0v) is 10.4. The Balaban J connectivity index is 2.17. The highest BCUT2D eigenvalue weighted by atomic mass is 19.1. The van der Waals surface area contributed by atoms with Gasteiger partial charge in [0.1, 0.15) is 5.82 Å². The average Bonchev–Trinajstić information content (AvgIpc) is 2.39. The van der Waals surface area contributed by atoms with Gasteiger partial charge in [0.25, 0.3) is 0 Å². The lowest BCUT2D eigenvalue weighted by atomic mass is 10.00. The molecular formula is C14H14F2N2O. The number of benzene rings is 1. The highest BCUT2D eigenvalue weighted by molar-refractivity contribution is 5.31. The molecule has 1 heterocycles. The minimum absolute atomic E-state index is 0.174. The molecule has 1 unspecified atom stereocenters. The lowest BCUT2D eigenvalue weighted by Crippen LogP contribution is -2.15. The van der Waals surface area contributed by atoms with Crippen molar-refractivity contribution in [3.8, 4) is 5.75 Å². The van der Waals surface area contributed by atoms with Crippen LogP contribution in [-0.2, 0) is 6.42 Å². The van der Waals surface area contributed by atoms with Gasteiger partial charge >= 0.3 is 0 Å². The molecule has 2 aromatic rings. The number of pyridine rings is 1. The van der Waals surface area contributed by atoms with E-state index in [9.17, 15) is 8.78 Å². The lowest BCUT2D eigenvalue weighted by molar-refractivity contribution is 0.386. The summed E-state index contributed by atoms with van der Waals surface area (Å²) in [6, 6.07) is 5.56. The van der Waals surface area contributed by atoms with Crippen molar-refractivity contribution in [1.82, 2.24) is 4.98 Å². The summed E-state index contributed by atoms with van der Waals surface area (Å²) in [6.07, 6.45) is 2.93. The van der Waals surface area contributed by atoms with Gasteiger partial charge in [-0.2, -0.15) is 0 Å². The van der Waals surface area contributed by atoms with Crippen LogP contribution in [0.25, 0.3) is 0 Å². The first-order valence-corrected chi connectivity index (χ1v) is 5.79. The summed E-state index contributed by atoms with van der Waals surface area (Å²) < 4.78 is 31.9. The van der Waals surface area contributed by atoms with Crippen LogP contribution < -0.4 is 10.5 Å². The Bertz CT molecular complexity index is 575. The highest BCUT2D eigenvalue weighted by Gasteiger charge is 2.13. The number of hydrogen-bond acceptors (Lipinski definition) is 3. The third-order valence-electron chi connectivity index (χ3n) is 2.88. The van der Waals surface area contributed by atoms with Crippen molar-refractivity contribution in [2.75, 3.05) is 7.11 Å². The molecule has 2 N–H and O–H groups in total. The van der Waals surface area contributed by atoms with Crippen molar-refractivity contribution in [2.45, 2.75) is 12.5 Å². The van der Waals surface area contributed by atoms with Gasteiger partial charge in [-0.3, -0.25) is 4.98 Å². The van der Waals surface area contributed by atoms with Crippen molar-refractivity contribution >= 4 is 0 Å². The van der Waals surface area contributed by atoms with Crippen LogP contribution in [0.15, 0.2) is 36.7 Å². The number of hydrogen-bond donors (Lipinski definition) is 1. The minimum atomic E-state index is -0.546. The molecule has 19 heavy (non-hydrogen) atoms. The standard InChI is InChI=1S/C14H14F2N2O/c1-19-14-3-2-9(6-11(14)15)7-13(17)10-4-5-18-8-12(10)16/h2-6,8,13H,7,17H2,1H3.